The van der Waals surface area contributed by atoms with Crippen molar-refractivity contribution in [3.05, 3.63) is 24.0 Å². The van der Waals surface area contributed by atoms with Crippen molar-refractivity contribution in [3.8, 4) is 23.0 Å². The molecule has 2 N–H and O–H groups in total. The van der Waals surface area contributed by atoms with E-state index < -0.39 is 0 Å². The topological polar surface area (TPSA) is 79.4 Å². The summed E-state index contributed by atoms with van der Waals surface area (Å²) >= 11 is 0. The molecule has 0 aliphatic heterocycles. The molecule has 16 heavy (non-hydrogen) atoms. The monoisotopic (exact) mass is 220 g/mol. The van der Waals surface area contributed by atoms with Crippen molar-refractivity contribution in [2.24, 2.45) is 0 Å². The van der Waals surface area contributed by atoms with Crippen LogP contribution in [0, 0.1) is 0 Å². The van der Waals surface area contributed by atoms with E-state index in [0.29, 0.717) is 17.3 Å². The molecule has 0 saturated heterocycles. The highest BCUT2D eigenvalue weighted by molar-refractivity contribution is 5.58. The van der Waals surface area contributed by atoms with Crippen molar-refractivity contribution in [3.63, 3.8) is 0 Å². The molecule has 1 aromatic carbocycles. The quantitative estimate of drug-likeness (QED) is 0.759. The van der Waals surface area contributed by atoms with Gasteiger partial charge in [0.25, 0.3) is 5.89 Å². The molecule has 0 atom stereocenters. The maximum absolute atomic E-state index is 9.34. The molecule has 1 aromatic heterocycles. The minimum atomic E-state index is -0.207. The fourth-order valence-corrected chi connectivity index (χ4v) is 1.24. The number of hydrogen-bond acceptors (Lipinski definition) is 5. The van der Waals surface area contributed by atoms with Gasteiger partial charge in [0.2, 0.25) is 0 Å². The van der Waals surface area contributed by atoms with E-state index in [2.05, 4.69) is 10.1 Å². The molecule has 0 amide bonds. The van der Waals surface area contributed by atoms with Crippen LogP contribution in [0.5, 0.6) is 11.5 Å². The van der Waals surface area contributed by atoms with Crippen LogP contribution in [0.4, 0.5) is 0 Å². The van der Waals surface area contributed by atoms with Crippen LogP contribution in [0.15, 0.2) is 22.7 Å². The van der Waals surface area contributed by atoms with Crippen LogP contribution in [-0.4, -0.2) is 20.4 Å². The zero-order chi connectivity index (χ0) is 11.7. The van der Waals surface area contributed by atoms with E-state index >= 15 is 0 Å². The Morgan fingerprint density at radius 2 is 1.94 bits per heavy atom. The largest absolute Gasteiger partial charge is 0.504 e. The van der Waals surface area contributed by atoms with Gasteiger partial charge in [-0.2, -0.15) is 4.98 Å². The fraction of sp³-hybridized carbons (Fsp3) is 0.273. The van der Waals surface area contributed by atoms with Gasteiger partial charge >= 0.3 is 0 Å². The lowest BCUT2D eigenvalue weighted by Crippen LogP contribution is -1.89. The van der Waals surface area contributed by atoms with Crippen LogP contribution in [0.1, 0.15) is 25.6 Å². The van der Waals surface area contributed by atoms with Crippen LogP contribution in [-0.2, 0) is 0 Å². The van der Waals surface area contributed by atoms with Crippen molar-refractivity contribution < 1.29 is 14.7 Å². The summed E-state index contributed by atoms with van der Waals surface area (Å²) in [6, 6.07) is 4.36. The van der Waals surface area contributed by atoms with E-state index in [9.17, 15) is 5.11 Å². The normalized spacial score (nSPS) is 10.9. The summed E-state index contributed by atoms with van der Waals surface area (Å²) in [5, 5.41) is 22.3. The number of nitrogens with zero attached hydrogens (tertiary/aromatic N) is 2. The average molecular weight is 220 g/mol. The zero-order valence-electron chi connectivity index (χ0n) is 9.01. The van der Waals surface area contributed by atoms with Gasteiger partial charge in [-0.3, -0.25) is 0 Å². The van der Waals surface area contributed by atoms with E-state index in [1.54, 1.807) is 6.07 Å². The number of aromatic hydroxyl groups is 2. The van der Waals surface area contributed by atoms with E-state index in [4.69, 9.17) is 9.63 Å². The first-order valence-electron chi connectivity index (χ1n) is 4.94. The van der Waals surface area contributed by atoms with Gasteiger partial charge in [0.15, 0.2) is 17.3 Å². The molecule has 0 fully saturated rings. The molecule has 5 nitrogen and oxygen atoms in total. The Morgan fingerprint density at radius 1 is 1.19 bits per heavy atom. The Morgan fingerprint density at radius 3 is 2.50 bits per heavy atom. The van der Waals surface area contributed by atoms with Crippen molar-refractivity contribution >= 4 is 0 Å². The highest BCUT2D eigenvalue weighted by Crippen LogP contribution is 2.30. The van der Waals surface area contributed by atoms with E-state index in [0.717, 1.165) is 0 Å². The predicted molar refractivity (Wildman–Crippen MR) is 57.2 cm³/mol. The first kappa shape index (κ1) is 10.5. The summed E-state index contributed by atoms with van der Waals surface area (Å²) in [6.07, 6.45) is 0. The summed E-state index contributed by atoms with van der Waals surface area (Å²) < 4.78 is 5.05. The first-order chi connectivity index (χ1) is 7.58. The minimum absolute atomic E-state index is 0.174. The van der Waals surface area contributed by atoms with Crippen molar-refractivity contribution in [1.29, 1.82) is 0 Å². The SMILES string of the molecule is CC(C)c1noc(-c2ccc(O)c(O)c2)n1. The van der Waals surface area contributed by atoms with Crippen molar-refractivity contribution in [2.45, 2.75) is 19.8 Å². The Balaban J connectivity index is 2.39. The number of hydrogen-bond donors (Lipinski definition) is 2. The average Bonchev–Trinajstić information content (AvgIpc) is 2.71. The van der Waals surface area contributed by atoms with E-state index in [-0.39, 0.29) is 17.4 Å². The second-order valence-corrected chi connectivity index (χ2v) is 3.82. The maximum atomic E-state index is 9.34. The number of aromatic nitrogens is 2. The fourth-order valence-electron chi connectivity index (χ4n) is 1.24. The standard InChI is InChI=1S/C11H12N2O3/c1-6(2)10-12-11(16-13-10)7-3-4-8(14)9(15)5-7/h3-6,14-15H,1-2H3. The zero-order valence-corrected chi connectivity index (χ0v) is 9.01. The third-order valence-corrected chi connectivity index (χ3v) is 2.18. The molecule has 0 spiro atoms. The second kappa shape index (κ2) is 3.84. The van der Waals surface area contributed by atoms with Gasteiger partial charge in [-0.05, 0) is 18.2 Å². The lowest BCUT2D eigenvalue weighted by atomic mass is 10.2. The molecule has 0 bridgehead atoms. The summed E-state index contributed by atoms with van der Waals surface area (Å²) in [5.41, 5.74) is 0.578. The number of phenolic OH excluding ortho intramolecular Hbond substituents is 2. The predicted octanol–water partition coefficient (Wildman–Crippen LogP) is 2.27. The van der Waals surface area contributed by atoms with E-state index in [1.807, 2.05) is 13.8 Å². The Bertz CT molecular complexity index is 506. The van der Waals surface area contributed by atoms with Crippen molar-refractivity contribution in [2.75, 3.05) is 0 Å². The van der Waals surface area contributed by atoms with Gasteiger partial charge in [-0.1, -0.05) is 19.0 Å². The molecule has 0 aliphatic carbocycles. The molecule has 2 rings (SSSR count). The second-order valence-electron chi connectivity index (χ2n) is 3.82. The molecule has 0 radical (unpaired) electrons. The summed E-state index contributed by atoms with van der Waals surface area (Å²) in [6.45, 7) is 3.92. The van der Waals surface area contributed by atoms with Gasteiger partial charge in [0, 0.05) is 11.5 Å². The molecule has 0 aliphatic rings. The highest BCUT2D eigenvalue weighted by Gasteiger charge is 2.12. The third-order valence-electron chi connectivity index (χ3n) is 2.18. The lowest BCUT2D eigenvalue weighted by molar-refractivity contribution is 0.402. The maximum Gasteiger partial charge on any atom is 0.258 e. The van der Waals surface area contributed by atoms with Gasteiger partial charge in [0.05, 0.1) is 0 Å². The summed E-state index contributed by atoms with van der Waals surface area (Å²) in [5.74, 6) is 0.749. The molecule has 1 heterocycles. The van der Waals surface area contributed by atoms with Crippen molar-refractivity contribution in [1.82, 2.24) is 10.1 Å². The number of phenols is 2. The molecule has 5 heteroatoms. The summed E-state index contributed by atoms with van der Waals surface area (Å²) in [7, 11) is 0. The first-order valence-corrected chi connectivity index (χ1v) is 4.94. The molecule has 2 aromatic rings. The molecule has 84 valence electrons. The van der Waals surface area contributed by atoms with Crippen LogP contribution in [0.3, 0.4) is 0 Å². The molecule has 0 saturated carbocycles. The van der Waals surface area contributed by atoms with Gasteiger partial charge < -0.3 is 14.7 Å². The lowest BCUT2D eigenvalue weighted by Gasteiger charge is -1.98. The van der Waals surface area contributed by atoms with Crippen LogP contribution in [0.2, 0.25) is 0 Å². The summed E-state index contributed by atoms with van der Waals surface area (Å²) in [4.78, 5) is 4.18. The highest BCUT2D eigenvalue weighted by atomic mass is 16.5. The minimum Gasteiger partial charge on any atom is -0.504 e. The van der Waals surface area contributed by atoms with E-state index in [1.165, 1.54) is 12.1 Å². The van der Waals surface area contributed by atoms with Crippen LogP contribution >= 0.6 is 0 Å². The third kappa shape index (κ3) is 1.84. The number of rotatable bonds is 2. The Kier molecular flexibility index (Phi) is 2.52. The van der Waals surface area contributed by atoms with Gasteiger partial charge in [-0.15, -0.1) is 0 Å². The van der Waals surface area contributed by atoms with Crippen LogP contribution < -0.4 is 0 Å². The van der Waals surface area contributed by atoms with Gasteiger partial charge in [0.1, 0.15) is 0 Å². The number of benzene rings is 1. The molecular formula is C11H12N2O3. The van der Waals surface area contributed by atoms with Crippen LogP contribution in [0.25, 0.3) is 11.5 Å². The van der Waals surface area contributed by atoms with Gasteiger partial charge in [-0.25, -0.2) is 0 Å². The Hall–Kier alpha value is -2.04. The molecular weight excluding hydrogens is 208 g/mol. The Labute approximate surface area is 92.4 Å². The smallest absolute Gasteiger partial charge is 0.258 e. The molecule has 0 unspecified atom stereocenters.